The maximum Gasteiger partial charge on any atom is 1.00 e. The predicted octanol–water partition coefficient (Wildman–Crippen LogP) is 1.81. The summed E-state index contributed by atoms with van der Waals surface area (Å²) < 4.78 is 52.1. The first-order valence-corrected chi connectivity index (χ1v) is 20.3. The van der Waals surface area contributed by atoms with Gasteiger partial charge in [-0.25, -0.2) is 19.2 Å². The number of aromatic nitrogens is 4. The predicted molar refractivity (Wildman–Crippen MR) is 240 cm³/mol. The van der Waals surface area contributed by atoms with Crippen molar-refractivity contribution >= 4 is 23.9 Å². The molecule has 0 aliphatic rings. The summed E-state index contributed by atoms with van der Waals surface area (Å²) >= 11 is 0. The molecule has 408 valence electrons. The van der Waals surface area contributed by atoms with Crippen LogP contribution in [0.5, 0.6) is 0 Å². The van der Waals surface area contributed by atoms with Gasteiger partial charge in [0.05, 0.1) is 112 Å². The van der Waals surface area contributed by atoms with Gasteiger partial charge < -0.3 is 88.2 Å². The van der Waals surface area contributed by atoms with E-state index >= 15 is 0 Å². The van der Waals surface area contributed by atoms with Crippen molar-refractivity contribution in [1.29, 1.82) is 0 Å². The van der Waals surface area contributed by atoms with Crippen molar-refractivity contribution in [1.82, 2.24) is 19.9 Å². The molecule has 4 aromatic heterocycles. The second-order valence-corrected chi connectivity index (χ2v) is 11.6. The molecule has 0 saturated heterocycles. The van der Waals surface area contributed by atoms with Gasteiger partial charge in [0.2, 0.25) is 0 Å². The van der Waals surface area contributed by atoms with Gasteiger partial charge in [-0.2, -0.15) is 0 Å². The van der Waals surface area contributed by atoms with E-state index in [0.29, 0.717) is 75.1 Å². The maximum absolute atomic E-state index is 11.6. The van der Waals surface area contributed by atoms with Gasteiger partial charge in [-0.3, -0.25) is 19.9 Å². The molecule has 4 rings (SSSR count). The number of rotatable bonds is 28. The molecule has 28 nitrogen and oxygen atoms in total. The summed E-state index contributed by atoms with van der Waals surface area (Å²) in [6.07, 6.45) is 12.1. The first-order valence-electron chi connectivity index (χ1n) is 20.3. The fourth-order valence-electron chi connectivity index (χ4n) is 4.12. The van der Waals surface area contributed by atoms with Crippen LogP contribution in [0.25, 0.3) is 0 Å². The molecule has 0 radical (unpaired) electrons. The van der Waals surface area contributed by atoms with Crippen LogP contribution in [0.4, 0.5) is 0 Å². The molecule has 0 unspecified atom stereocenters. The molecule has 30 heteroatoms. The number of pyridine rings is 4. The van der Waals surface area contributed by atoms with Crippen LogP contribution in [-0.2, 0) is 92.1 Å². The number of aliphatic hydroxyl groups is 2. The number of nitrogens with zero attached hydrogens (tertiary/aromatic N) is 6. The molecule has 4 heterocycles. The minimum absolute atomic E-state index is 0. The summed E-state index contributed by atoms with van der Waals surface area (Å²) in [6, 6.07) is 13.2. The standard InChI is InChI=1S/2C20H24N2O7.2CH4O.2Ag.2NO3/c2*23-19(17-3-1-5-21-15-17)28-13-11-26-9-7-25-8-10-27-12-14-29-20(24)18-4-2-6-22-16-18;2*1-2;;;2*2-1(3)4/h2*1-6,15-16H,7-14H2;2*2H,1H3;;;;/q;;;;2*+1;2*-1. The second kappa shape index (κ2) is 54.4. The Morgan fingerprint density at radius 3 is 0.667 bits per heavy atom. The Bertz CT molecular complexity index is 1640. The maximum atomic E-state index is 11.6. The van der Waals surface area contributed by atoms with E-state index in [1.807, 2.05) is 0 Å². The average Bonchev–Trinajstić information content (AvgIpc) is 3.38. The molecule has 0 aromatic carbocycles. The summed E-state index contributed by atoms with van der Waals surface area (Å²) in [5, 5.41) is 43.5. The fourth-order valence-corrected chi connectivity index (χ4v) is 4.12. The van der Waals surface area contributed by atoms with Gasteiger partial charge in [0, 0.05) is 63.8 Å². The Morgan fingerprint density at radius 2 is 0.528 bits per heavy atom. The number of esters is 4. The van der Waals surface area contributed by atoms with Gasteiger partial charge in [0.15, 0.2) is 0 Å². The molecule has 0 aliphatic carbocycles. The minimum atomic E-state index is -1.75. The number of carbonyl (C=O) groups is 4. The van der Waals surface area contributed by atoms with Crippen LogP contribution in [0.15, 0.2) is 98.1 Å². The quantitative estimate of drug-likeness (QED) is 0.0204. The molecule has 2 N–H and O–H groups in total. The molecule has 0 atom stereocenters. The summed E-state index contributed by atoms with van der Waals surface area (Å²) in [7, 11) is 2.00. The normalized spacial score (nSPS) is 9.28. The van der Waals surface area contributed by atoms with Gasteiger partial charge in [0.1, 0.15) is 26.4 Å². The Balaban J connectivity index is -0.000000514. The van der Waals surface area contributed by atoms with Crippen LogP contribution in [0, 0.1) is 30.6 Å². The summed E-state index contributed by atoms with van der Waals surface area (Å²) in [5.41, 5.74) is 1.62. The molecular formula is C42H56Ag2N6O22. The van der Waals surface area contributed by atoms with E-state index in [1.165, 1.54) is 24.8 Å². The zero-order chi connectivity index (χ0) is 52.3. The van der Waals surface area contributed by atoms with Crippen molar-refractivity contribution in [3.8, 4) is 0 Å². The van der Waals surface area contributed by atoms with Gasteiger partial charge in [0.25, 0.3) is 0 Å². The number of ether oxygens (including phenoxy) is 10. The molecule has 0 aliphatic heterocycles. The first kappa shape index (κ1) is 72.6. The van der Waals surface area contributed by atoms with Gasteiger partial charge in [-0.1, -0.05) is 0 Å². The average molecular weight is 1210 g/mol. The largest absolute Gasteiger partial charge is 1.00 e. The molecule has 0 saturated carbocycles. The van der Waals surface area contributed by atoms with E-state index < -0.39 is 34.1 Å². The number of hydrogen-bond acceptors (Lipinski definition) is 26. The van der Waals surface area contributed by atoms with E-state index in [9.17, 15) is 19.2 Å². The van der Waals surface area contributed by atoms with E-state index in [4.69, 9.17) is 88.2 Å². The van der Waals surface area contributed by atoms with E-state index in [0.717, 1.165) is 14.2 Å². The van der Waals surface area contributed by atoms with Crippen LogP contribution in [0.1, 0.15) is 41.4 Å². The number of hydrogen-bond donors (Lipinski definition) is 2. The topological polar surface area (TPSA) is 385 Å². The zero-order valence-electron chi connectivity index (χ0n) is 38.9. The Morgan fingerprint density at radius 1 is 0.375 bits per heavy atom. The first-order chi connectivity index (χ1) is 34.0. The Hall–Kier alpha value is -5.96. The third-order valence-corrected chi connectivity index (χ3v) is 6.92. The van der Waals surface area contributed by atoms with Crippen molar-refractivity contribution in [3.63, 3.8) is 0 Å². The monoisotopic (exact) mass is 1210 g/mol. The SMILES string of the molecule is CO.CO.O=C(OCCOCCOCCOCCOC(=O)c1cccnc1)c1cccnc1.O=C(OCCOCCOCCOCCOC(=O)c1cccnc1)c1cccnc1.O=[N+]([O-])[O-].O=[N+]([O-])[O-].[Ag+].[Ag+]. The molecule has 0 amide bonds. The molecule has 72 heavy (non-hydrogen) atoms. The van der Waals surface area contributed by atoms with Gasteiger partial charge in [-0.05, 0) is 48.5 Å². The number of carbonyl (C=O) groups excluding carboxylic acids is 4. The van der Waals surface area contributed by atoms with E-state index in [1.54, 1.807) is 73.3 Å². The zero-order valence-corrected chi connectivity index (χ0v) is 41.9. The Kier molecular flexibility index (Phi) is 54.8. The van der Waals surface area contributed by atoms with E-state index in [2.05, 4.69) is 19.9 Å². The molecule has 0 spiro atoms. The fraction of sp³-hybridized carbons (Fsp3) is 0.429. The van der Waals surface area contributed by atoms with Crippen molar-refractivity contribution in [2.45, 2.75) is 0 Å². The molecular weight excluding hydrogens is 1160 g/mol. The number of aliphatic hydroxyl groups excluding tert-OH is 2. The Labute approximate surface area is 444 Å². The van der Waals surface area contributed by atoms with E-state index in [-0.39, 0.29) is 97.6 Å². The van der Waals surface area contributed by atoms with Gasteiger partial charge in [-0.15, -0.1) is 0 Å². The van der Waals surface area contributed by atoms with Crippen LogP contribution < -0.4 is 0 Å². The van der Waals surface area contributed by atoms with Crippen molar-refractivity contribution < 1.29 is 132 Å². The third-order valence-electron chi connectivity index (χ3n) is 6.92. The van der Waals surface area contributed by atoms with Crippen molar-refractivity contribution in [2.75, 3.05) is 120 Å². The van der Waals surface area contributed by atoms with Crippen molar-refractivity contribution in [3.05, 3.63) is 151 Å². The summed E-state index contributed by atoms with van der Waals surface area (Å²) in [5.74, 6) is -1.72. The third kappa shape index (κ3) is 46.4. The van der Waals surface area contributed by atoms with Gasteiger partial charge >= 0.3 is 68.6 Å². The molecule has 0 fully saturated rings. The van der Waals surface area contributed by atoms with Crippen LogP contribution in [0.3, 0.4) is 0 Å². The second-order valence-electron chi connectivity index (χ2n) is 11.6. The van der Waals surface area contributed by atoms with Crippen molar-refractivity contribution in [2.24, 2.45) is 0 Å². The summed E-state index contributed by atoms with van der Waals surface area (Å²) in [6.45, 7) is 4.91. The molecule has 0 bridgehead atoms. The van der Waals surface area contributed by atoms with Crippen LogP contribution in [0.2, 0.25) is 0 Å². The summed E-state index contributed by atoms with van der Waals surface area (Å²) in [4.78, 5) is 78.5. The molecule has 4 aromatic rings. The van der Waals surface area contributed by atoms with Crippen LogP contribution >= 0.6 is 0 Å². The minimum Gasteiger partial charge on any atom is -0.460 e. The smallest absolute Gasteiger partial charge is 0.460 e. The van der Waals surface area contributed by atoms with Crippen LogP contribution in [-0.4, -0.2) is 184 Å².